The second-order valence-corrected chi connectivity index (χ2v) is 19.9. The highest BCUT2D eigenvalue weighted by Crippen LogP contribution is 2.45. The van der Waals surface area contributed by atoms with Crippen LogP contribution in [0, 0.1) is 0 Å². The van der Waals surface area contributed by atoms with Gasteiger partial charge in [0.05, 0.1) is 44.1 Å². The van der Waals surface area contributed by atoms with Crippen LogP contribution in [0.1, 0.15) is 66.9 Å². The first-order valence-corrected chi connectivity index (χ1v) is 28.2. The molecule has 0 fully saturated rings. The van der Waals surface area contributed by atoms with Crippen molar-refractivity contribution in [3.63, 3.8) is 0 Å². The van der Waals surface area contributed by atoms with Crippen LogP contribution in [0.3, 0.4) is 0 Å². The molecule has 400 valence electrons. The van der Waals surface area contributed by atoms with Crippen LogP contribution in [-0.2, 0) is 0 Å². The quantitative estimate of drug-likeness (QED) is 0.0744. The summed E-state index contributed by atoms with van der Waals surface area (Å²) >= 11 is 0. The number of allylic oxidation sites excluding steroid dienone is 7. The van der Waals surface area contributed by atoms with Gasteiger partial charge in [-0.1, -0.05) is 205 Å². The molecule has 0 amide bonds. The zero-order chi connectivity index (χ0) is 56.6. The number of fused-ring (bicyclic) bond motifs is 14. The second kappa shape index (κ2) is 24.5. The van der Waals surface area contributed by atoms with Crippen LogP contribution in [0.4, 0.5) is 0 Å². The number of hydrogen-bond acceptors (Lipinski definition) is 1. The van der Waals surface area contributed by atoms with E-state index < -0.39 is 0 Å². The average Bonchev–Trinajstić information content (AvgIpc) is 4.45. The first-order chi connectivity index (χ1) is 39.8. The molecule has 13 aromatic rings. The van der Waals surface area contributed by atoms with Gasteiger partial charge >= 0.3 is 0 Å². The maximum atomic E-state index is 5.08. The molecule has 0 N–H and O–H groups in total. The molecule has 4 heterocycles. The molecule has 13 rings (SSSR count). The van der Waals surface area contributed by atoms with Crippen molar-refractivity contribution < 1.29 is 0 Å². The summed E-state index contributed by atoms with van der Waals surface area (Å²) in [6.07, 6.45) is 13.8. The highest BCUT2D eigenvalue weighted by atomic mass is 15.0. The third-order valence-corrected chi connectivity index (χ3v) is 14.3. The number of hydrogen-bond donors (Lipinski definition) is 0. The van der Waals surface area contributed by atoms with E-state index in [-0.39, 0.29) is 0 Å². The lowest BCUT2D eigenvalue weighted by Gasteiger charge is -2.16. The fraction of sp³-hybridized carbons (Fsp3) is 0.120. The average molecular weight is 1060 g/mol. The van der Waals surface area contributed by atoms with Gasteiger partial charge in [0.1, 0.15) is 0 Å². The van der Waals surface area contributed by atoms with Gasteiger partial charge in [-0.3, -0.25) is 0 Å². The van der Waals surface area contributed by atoms with E-state index in [1.807, 2.05) is 46.8 Å². The summed E-state index contributed by atoms with van der Waals surface area (Å²) in [4.78, 5) is 10.1. The highest BCUT2D eigenvalue weighted by molar-refractivity contribution is 6.28. The van der Waals surface area contributed by atoms with Gasteiger partial charge in [-0.15, -0.1) is 0 Å². The van der Waals surface area contributed by atoms with Crippen molar-refractivity contribution in [2.75, 3.05) is 0 Å². The van der Waals surface area contributed by atoms with Crippen LogP contribution in [0.5, 0.6) is 0 Å². The molecule has 6 heteroatoms. The number of aliphatic imine (C=N–C) groups is 2. The van der Waals surface area contributed by atoms with Gasteiger partial charge in [0.2, 0.25) is 0 Å². The van der Waals surface area contributed by atoms with Gasteiger partial charge in [-0.05, 0) is 112 Å². The molecule has 0 aliphatic rings. The molecule has 0 atom stereocenters. The molecule has 6 nitrogen and oxygen atoms in total. The Bertz CT molecular complexity index is 4310. The minimum absolute atomic E-state index is 0.621. The molecule has 0 saturated carbocycles. The summed E-state index contributed by atoms with van der Waals surface area (Å²) in [5.41, 5.74) is 15.9. The van der Waals surface area contributed by atoms with E-state index in [0.717, 1.165) is 68.9 Å². The van der Waals surface area contributed by atoms with E-state index in [4.69, 9.17) is 9.98 Å². The van der Waals surface area contributed by atoms with E-state index in [2.05, 4.69) is 264 Å². The van der Waals surface area contributed by atoms with Crippen molar-refractivity contribution in [3.8, 4) is 22.7 Å². The first kappa shape index (κ1) is 54.6. The van der Waals surface area contributed by atoms with Crippen LogP contribution in [0.25, 0.3) is 110 Å². The summed E-state index contributed by atoms with van der Waals surface area (Å²) < 4.78 is 9.75. The monoisotopic (exact) mass is 1050 g/mol. The van der Waals surface area contributed by atoms with Crippen LogP contribution in [0.2, 0.25) is 0 Å². The number of rotatable bonds is 10. The van der Waals surface area contributed by atoms with E-state index in [1.54, 1.807) is 12.2 Å². The first-order valence-electron chi connectivity index (χ1n) is 28.2. The van der Waals surface area contributed by atoms with Crippen molar-refractivity contribution in [1.29, 1.82) is 0 Å². The number of amidine groups is 1. The maximum Gasteiger partial charge on any atom is 0.159 e. The molecule has 0 unspecified atom stereocenters. The SMILES string of the molecule is C=C(C)N=C(N=C(C)C)c1cc(-n2c3ccccc3c3c2ccc2c4ccccc4n(-c4ccccc4)c23)cc(-n2c3ccccc3c3c2ccc2c4ccccc4n(-c4ccccc4)c23)c1.C=C/C=C\CC.C=C/C=C\CC.CC. The zero-order valence-corrected chi connectivity index (χ0v) is 47.7. The number of aromatic nitrogens is 4. The number of para-hydroxylation sites is 6. The Morgan fingerprint density at radius 1 is 0.395 bits per heavy atom. The standard InChI is InChI=1S/C61H44N6.2C6H10.C2H6/c1-38(2)62-61(63-39(3)4)40-35-43(64-53-29-17-13-25-49(53)57-55(64)33-31-47-45-23-11-15-27-51(45)66(59(47)57)41-19-7-5-8-20-41)37-44(36-40)65-54-30-18-14-26-50(54)58-56(65)34-32-48-46-24-12-16-28-52(46)67(60(48)58)42-21-9-6-10-22-42;2*1-3-5-6-4-2;1-2/h5-37H,1H2,2-4H3;2*3,5-6H,1,4H2,2H3;1-2H3/b;2*6-5-;. The minimum Gasteiger partial charge on any atom is -0.309 e. The minimum atomic E-state index is 0.621. The normalized spacial score (nSPS) is 11.6. The Balaban J connectivity index is 0.000000474. The van der Waals surface area contributed by atoms with E-state index in [1.165, 1.54) is 65.2 Å². The van der Waals surface area contributed by atoms with Crippen LogP contribution >= 0.6 is 0 Å². The van der Waals surface area contributed by atoms with Gasteiger partial charge in [0, 0.05) is 82.8 Å². The fourth-order valence-electron chi connectivity index (χ4n) is 11.3. The largest absolute Gasteiger partial charge is 0.309 e. The maximum absolute atomic E-state index is 5.08. The summed E-state index contributed by atoms with van der Waals surface area (Å²) in [5, 5.41) is 9.66. The number of nitrogens with zero attached hydrogens (tertiary/aromatic N) is 6. The predicted molar refractivity (Wildman–Crippen MR) is 355 cm³/mol. The van der Waals surface area contributed by atoms with Crippen molar-refractivity contribution in [3.05, 3.63) is 268 Å². The van der Waals surface area contributed by atoms with E-state index >= 15 is 0 Å². The topological polar surface area (TPSA) is 44.4 Å². The third kappa shape index (κ3) is 10.3. The third-order valence-electron chi connectivity index (χ3n) is 14.3. The van der Waals surface area contributed by atoms with Gasteiger partial charge < -0.3 is 18.3 Å². The van der Waals surface area contributed by atoms with Gasteiger partial charge in [0.15, 0.2) is 5.84 Å². The van der Waals surface area contributed by atoms with Crippen molar-refractivity contribution in [2.45, 2.75) is 61.3 Å². The summed E-state index contributed by atoms with van der Waals surface area (Å²) in [5.74, 6) is 0.621. The molecule has 0 aliphatic carbocycles. The van der Waals surface area contributed by atoms with E-state index in [9.17, 15) is 0 Å². The Kier molecular flexibility index (Phi) is 16.5. The Labute approximate surface area is 476 Å². The molecule has 9 aromatic carbocycles. The molecule has 81 heavy (non-hydrogen) atoms. The molecule has 0 bridgehead atoms. The molecule has 0 aliphatic heterocycles. The molecular formula is C75H70N6. The zero-order valence-electron chi connectivity index (χ0n) is 47.7. The van der Waals surface area contributed by atoms with Crippen molar-refractivity contribution in [1.82, 2.24) is 18.3 Å². The Hall–Kier alpha value is -9.78. The second-order valence-electron chi connectivity index (χ2n) is 19.9. The van der Waals surface area contributed by atoms with Crippen LogP contribution in [0.15, 0.2) is 272 Å². The number of benzene rings is 9. The Morgan fingerprint density at radius 2 is 0.765 bits per heavy atom. The molecule has 4 aromatic heterocycles. The molecule has 0 spiro atoms. The van der Waals surface area contributed by atoms with Gasteiger partial charge in [-0.2, -0.15) is 0 Å². The van der Waals surface area contributed by atoms with Crippen molar-refractivity contribution in [2.24, 2.45) is 9.98 Å². The van der Waals surface area contributed by atoms with Gasteiger partial charge in [-0.25, -0.2) is 9.98 Å². The van der Waals surface area contributed by atoms with E-state index in [0.29, 0.717) is 11.5 Å². The lowest BCUT2D eigenvalue weighted by atomic mass is 10.1. The highest BCUT2D eigenvalue weighted by Gasteiger charge is 2.24. The molecular weight excluding hydrogens is 985 g/mol. The van der Waals surface area contributed by atoms with Gasteiger partial charge in [0.25, 0.3) is 0 Å². The lowest BCUT2D eigenvalue weighted by molar-refractivity contribution is 1.13. The van der Waals surface area contributed by atoms with Crippen LogP contribution in [-0.4, -0.2) is 29.8 Å². The van der Waals surface area contributed by atoms with Crippen LogP contribution < -0.4 is 0 Å². The smallest absolute Gasteiger partial charge is 0.159 e. The molecule has 0 radical (unpaired) electrons. The summed E-state index contributed by atoms with van der Waals surface area (Å²) in [6.45, 7) is 25.4. The van der Waals surface area contributed by atoms with Crippen molar-refractivity contribution >= 4 is 98.8 Å². The lowest BCUT2D eigenvalue weighted by Crippen LogP contribution is -2.06. The fourth-order valence-corrected chi connectivity index (χ4v) is 11.3. The summed E-state index contributed by atoms with van der Waals surface area (Å²) in [6, 6.07) is 72.7. The predicted octanol–water partition coefficient (Wildman–Crippen LogP) is 21.1. The molecule has 0 saturated heterocycles. The Morgan fingerprint density at radius 3 is 1.12 bits per heavy atom. The summed E-state index contributed by atoms with van der Waals surface area (Å²) in [7, 11) is 0.